The zero-order valence-electron chi connectivity index (χ0n) is 8.00. The summed E-state index contributed by atoms with van der Waals surface area (Å²) in [6.45, 7) is 0.422. The van der Waals surface area contributed by atoms with Crippen molar-refractivity contribution in [2.24, 2.45) is 0 Å². The molecule has 0 atom stereocenters. The van der Waals surface area contributed by atoms with E-state index in [1.807, 2.05) is 30.3 Å². The SMILES string of the molecule is Oc1cnc(OCc2ccccc2)nc1. The van der Waals surface area contributed by atoms with Crippen LogP contribution in [-0.4, -0.2) is 15.1 Å². The van der Waals surface area contributed by atoms with Gasteiger partial charge < -0.3 is 9.84 Å². The molecule has 0 amide bonds. The Balaban J connectivity index is 1.96. The topological polar surface area (TPSA) is 55.2 Å². The molecule has 0 unspecified atom stereocenters. The molecule has 0 aliphatic heterocycles. The van der Waals surface area contributed by atoms with Gasteiger partial charge in [0.2, 0.25) is 0 Å². The van der Waals surface area contributed by atoms with Crippen LogP contribution in [0.25, 0.3) is 0 Å². The van der Waals surface area contributed by atoms with E-state index < -0.39 is 0 Å². The standard InChI is InChI=1S/C11H10N2O2/c14-10-6-12-11(13-7-10)15-8-9-4-2-1-3-5-9/h1-7,14H,8H2. The van der Waals surface area contributed by atoms with Crippen molar-refractivity contribution in [3.05, 3.63) is 48.3 Å². The van der Waals surface area contributed by atoms with Crippen LogP contribution >= 0.6 is 0 Å². The molecule has 0 saturated heterocycles. The van der Waals surface area contributed by atoms with Gasteiger partial charge in [0.1, 0.15) is 6.61 Å². The van der Waals surface area contributed by atoms with E-state index >= 15 is 0 Å². The second-order valence-corrected chi connectivity index (χ2v) is 3.00. The van der Waals surface area contributed by atoms with Crippen molar-refractivity contribution in [1.82, 2.24) is 9.97 Å². The van der Waals surface area contributed by atoms with Crippen molar-refractivity contribution < 1.29 is 9.84 Å². The van der Waals surface area contributed by atoms with Gasteiger partial charge in [0.25, 0.3) is 0 Å². The van der Waals surface area contributed by atoms with Gasteiger partial charge in [0.05, 0.1) is 12.4 Å². The van der Waals surface area contributed by atoms with Gasteiger partial charge >= 0.3 is 6.01 Å². The Morgan fingerprint density at radius 2 is 1.73 bits per heavy atom. The van der Waals surface area contributed by atoms with E-state index in [2.05, 4.69) is 9.97 Å². The van der Waals surface area contributed by atoms with Gasteiger partial charge in [-0.3, -0.25) is 0 Å². The molecule has 1 N–H and O–H groups in total. The quantitative estimate of drug-likeness (QED) is 0.823. The minimum atomic E-state index is 0.0297. The molecule has 0 bridgehead atoms. The maximum Gasteiger partial charge on any atom is 0.316 e. The first-order valence-corrected chi connectivity index (χ1v) is 4.52. The number of benzene rings is 1. The molecule has 0 spiro atoms. The lowest BCUT2D eigenvalue weighted by Gasteiger charge is -2.03. The third-order valence-corrected chi connectivity index (χ3v) is 1.83. The summed E-state index contributed by atoms with van der Waals surface area (Å²) in [6.07, 6.45) is 2.60. The molecule has 15 heavy (non-hydrogen) atoms. The maximum absolute atomic E-state index is 8.96. The highest BCUT2D eigenvalue weighted by molar-refractivity contribution is 5.15. The molecule has 0 aliphatic carbocycles. The van der Waals surface area contributed by atoms with Crippen molar-refractivity contribution in [3.63, 3.8) is 0 Å². The van der Waals surface area contributed by atoms with Crippen molar-refractivity contribution in [1.29, 1.82) is 0 Å². The minimum absolute atomic E-state index is 0.0297. The number of aromatic nitrogens is 2. The summed E-state index contributed by atoms with van der Waals surface area (Å²) in [4.78, 5) is 7.62. The molecule has 0 saturated carbocycles. The van der Waals surface area contributed by atoms with Gasteiger partial charge in [-0.2, -0.15) is 9.97 Å². The van der Waals surface area contributed by atoms with Gasteiger partial charge in [-0.15, -0.1) is 0 Å². The van der Waals surface area contributed by atoms with Gasteiger partial charge in [-0.05, 0) is 5.56 Å². The van der Waals surface area contributed by atoms with Crippen LogP contribution in [0, 0.1) is 0 Å². The zero-order valence-corrected chi connectivity index (χ0v) is 8.00. The molecule has 4 heteroatoms. The molecule has 1 aromatic carbocycles. The smallest absolute Gasteiger partial charge is 0.316 e. The van der Waals surface area contributed by atoms with E-state index in [0.717, 1.165) is 5.56 Å². The van der Waals surface area contributed by atoms with Crippen LogP contribution in [0.3, 0.4) is 0 Å². The second-order valence-electron chi connectivity index (χ2n) is 3.00. The van der Waals surface area contributed by atoms with Gasteiger partial charge in [-0.1, -0.05) is 30.3 Å². The Labute approximate surface area is 87.2 Å². The summed E-state index contributed by atoms with van der Waals surface area (Å²) < 4.78 is 5.31. The Hall–Kier alpha value is -2.10. The molecule has 0 radical (unpaired) electrons. The highest BCUT2D eigenvalue weighted by Gasteiger charge is 1.97. The van der Waals surface area contributed by atoms with Crippen molar-refractivity contribution in [2.75, 3.05) is 0 Å². The molecule has 4 nitrogen and oxygen atoms in total. The average Bonchev–Trinajstić information content (AvgIpc) is 2.30. The molecule has 1 heterocycles. The summed E-state index contributed by atoms with van der Waals surface area (Å²) in [5.41, 5.74) is 1.05. The molecule has 0 fully saturated rings. The van der Waals surface area contributed by atoms with Gasteiger partial charge in [0.15, 0.2) is 5.75 Å². The third-order valence-electron chi connectivity index (χ3n) is 1.83. The summed E-state index contributed by atoms with van der Waals surface area (Å²) >= 11 is 0. The lowest BCUT2D eigenvalue weighted by molar-refractivity contribution is 0.279. The Kier molecular flexibility index (Phi) is 2.78. The molecular weight excluding hydrogens is 192 g/mol. The Morgan fingerprint density at radius 1 is 1.07 bits per heavy atom. The molecule has 1 aromatic heterocycles. The highest BCUT2D eigenvalue weighted by atomic mass is 16.5. The molecule has 0 aliphatic rings. The average molecular weight is 202 g/mol. The number of hydrogen-bond donors (Lipinski definition) is 1. The summed E-state index contributed by atoms with van der Waals surface area (Å²) in [5, 5.41) is 8.96. The van der Waals surface area contributed by atoms with Gasteiger partial charge in [-0.25, -0.2) is 0 Å². The predicted octanol–water partition coefficient (Wildman–Crippen LogP) is 1.76. The van der Waals surface area contributed by atoms with Crippen molar-refractivity contribution in [3.8, 4) is 11.8 Å². The lowest BCUT2D eigenvalue weighted by atomic mass is 10.2. The van der Waals surface area contributed by atoms with Crippen LogP contribution < -0.4 is 4.74 Å². The highest BCUT2D eigenvalue weighted by Crippen LogP contribution is 2.09. The fraction of sp³-hybridized carbons (Fsp3) is 0.0909. The van der Waals surface area contributed by atoms with E-state index in [1.165, 1.54) is 12.4 Å². The van der Waals surface area contributed by atoms with Crippen LogP contribution in [0.2, 0.25) is 0 Å². The Morgan fingerprint density at radius 3 is 2.40 bits per heavy atom. The van der Waals surface area contributed by atoms with E-state index in [0.29, 0.717) is 6.61 Å². The molecule has 2 aromatic rings. The fourth-order valence-electron chi connectivity index (χ4n) is 1.11. The van der Waals surface area contributed by atoms with Crippen LogP contribution in [-0.2, 0) is 6.61 Å². The summed E-state index contributed by atoms with van der Waals surface area (Å²) in [7, 11) is 0. The number of rotatable bonds is 3. The normalized spacial score (nSPS) is 9.87. The first-order chi connectivity index (χ1) is 7.34. The number of ether oxygens (including phenoxy) is 1. The summed E-state index contributed by atoms with van der Waals surface area (Å²) in [6, 6.07) is 10.0. The summed E-state index contributed by atoms with van der Waals surface area (Å²) in [5.74, 6) is 0.0297. The van der Waals surface area contributed by atoms with Crippen molar-refractivity contribution in [2.45, 2.75) is 6.61 Å². The van der Waals surface area contributed by atoms with Gasteiger partial charge in [0, 0.05) is 0 Å². The Bertz CT molecular complexity index is 414. The first kappa shape index (κ1) is 9.45. The van der Waals surface area contributed by atoms with E-state index in [1.54, 1.807) is 0 Å². The number of nitrogens with zero attached hydrogens (tertiary/aromatic N) is 2. The van der Waals surface area contributed by atoms with E-state index in [-0.39, 0.29) is 11.8 Å². The number of hydrogen-bond acceptors (Lipinski definition) is 4. The van der Waals surface area contributed by atoms with Crippen LogP contribution in [0.15, 0.2) is 42.7 Å². The first-order valence-electron chi connectivity index (χ1n) is 4.52. The molecule has 2 rings (SSSR count). The predicted molar refractivity (Wildman–Crippen MR) is 54.5 cm³/mol. The van der Waals surface area contributed by atoms with E-state index in [9.17, 15) is 0 Å². The van der Waals surface area contributed by atoms with Crippen LogP contribution in [0.5, 0.6) is 11.8 Å². The minimum Gasteiger partial charge on any atom is -0.505 e. The number of aromatic hydroxyl groups is 1. The molecule has 76 valence electrons. The second kappa shape index (κ2) is 4.41. The third kappa shape index (κ3) is 2.67. The van der Waals surface area contributed by atoms with Crippen LogP contribution in [0.1, 0.15) is 5.56 Å². The largest absolute Gasteiger partial charge is 0.505 e. The zero-order chi connectivity index (χ0) is 10.5. The van der Waals surface area contributed by atoms with Crippen molar-refractivity contribution >= 4 is 0 Å². The molecular formula is C11H10N2O2. The van der Waals surface area contributed by atoms with Crippen LogP contribution in [0.4, 0.5) is 0 Å². The maximum atomic E-state index is 8.96. The lowest BCUT2D eigenvalue weighted by Crippen LogP contribution is -1.98. The van der Waals surface area contributed by atoms with E-state index in [4.69, 9.17) is 9.84 Å². The monoisotopic (exact) mass is 202 g/mol. The fourth-order valence-corrected chi connectivity index (χ4v) is 1.11.